The number of carbonyl (C=O) groups excluding carboxylic acids is 2. The molecule has 3 rings (SSSR count). The van der Waals surface area contributed by atoms with Gasteiger partial charge in [-0.25, -0.2) is 4.98 Å². The van der Waals surface area contributed by atoms with Crippen molar-refractivity contribution in [1.29, 1.82) is 0 Å². The number of anilines is 1. The molecule has 1 amide bonds. The van der Waals surface area contributed by atoms with Crippen LogP contribution in [0.25, 0.3) is 10.9 Å². The number of benzene rings is 1. The molecule has 1 aliphatic rings. The number of nitrogens with two attached hydrogens (primary N) is 1. The van der Waals surface area contributed by atoms with Crippen LogP contribution in [0.5, 0.6) is 0 Å². The normalized spacial score (nSPS) is 15.2. The Kier molecular flexibility index (Phi) is 6.04. The highest BCUT2D eigenvalue weighted by molar-refractivity contribution is 5.80. The average Bonchev–Trinajstić information content (AvgIpc) is 2.66. The van der Waals surface area contributed by atoms with Crippen LogP contribution >= 0.6 is 0 Å². The molecule has 6 nitrogen and oxygen atoms in total. The Balaban J connectivity index is 1.42. The molecule has 1 aromatic heterocycles. The van der Waals surface area contributed by atoms with Gasteiger partial charge in [0.15, 0.2) is 6.61 Å². The number of nitrogens with zero attached hydrogens (tertiary/aromatic N) is 2. The van der Waals surface area contributed by atoms with Gasteiger partial charge >= 0.3 is 5.97 Å². The van der Waals surface area contributed by atoms with Gasteiger partial charge in [-0.05, 0) is 49.8 Å². The van der Waals surface area contributed by atoms with Crippen molar-refractivity contribution >= 4 is 28.6 Å². The van der Waals surface area contributed by atoms with Gasteiger partial charge in [0.1, 0.15) is 5.82 Å². The molecule has 0 atom stereocenters. The topological polar surface area (TPSA) is 85.5 Å². The first-order chi connectivity index (χ1) is 12.6. The second kappa shape index (κ2) is 8.65. The van der Waals surface area contributed by atoms with E-state index in [9.17, 15) is 9.59 Å². The van der Waals surface area contributed by atoms with Crippen LogP contribution in [0.1, 0.15) is 32.1 Å². The summed E-state index contributed by atoms with van der Waals surface area (Å²) in [7, 11) is 0. The van der Waals surface area contributed by atoms with Crippen molar-refractivity contribution in [2.45, 2.75) is 32.1 Å². The molecule has 1 aliphatic heterocycles. The van der Waals surface area contributed by atoms with E-state index in [1.165, 1.54) is 0 Å². The number of piperidine rings is 1. The lowest BCUT2D eigenvalue weighted by Crippen LogP contribution is -2.34. The first-order valence-corrected chi connectivity index (χ1v) is 9.16. The Morgan fingerprint density at radius 2 is 1.92 bits per heavy atom. The first kappa shape index (κ1) is 18.2. The summed E-state index contributed by atoms with van der Waals surface area (Å²) in [6.07, 6.45) is 4.34. The molecule has 1 fully saturated rings. The van der Waals surface area contributed by atoms with Gasteiger partial charge in [0, 0.05) is 24.9 Å². The standard InChI is InChI=1S/C20H25N3O3/c21-18(24)14-26-20(25)7-3-4-15-10-12-23(13-11-15)19-9-8-16-5-1-2-6-17(16)22-19/h1-2,5-6,8-9,15H,3-4,7,10-14H2,(H2,21,24). The summed E-state index contributed by atoms with van der Waals surface area (Å²) in [5.74, 6) is 0.697. The first-order valence-electron chi connectivity index (χ1n) is 9.16. The summed E-state index contributed by atoms with van der Waals surface area (Å²) < 4.78 is 4.77. The Morgan fingerprint density at radius 3 is 2.69 bits per heavy atom. The van der Waals surface area contributed by atoms with E-state index in [1.54, 1.807) is 0 Å². The van der Waals surface area contributed by atoms with Crippen LogP contribution in [0.4, 0.5) is 5.82 Å². The SMILES string of the molecule is NC(=O)COC(=O)CCCC1CCN(c2ccc3ccccc3n2)CC1. The van der Waals surface area contributed by atoms with Crippen molar-refractivity contribution in [3.63, 3.8) is 0 Å². The number of para-hydroxylation sites is 1. The molecule has 1 saturated heterocycles. The number of hydrogen-bond acceptors (Lipinski definition) is 5. The van der Waals surface area contributed by atoms with E-state index >= 15 is 0 Å². The summed E-state index contributed by atoms with van der Waals surface area (Å²) in [5.41, 5.74) is 5.98. The lowest BCUT2D eigenvalue weighted by molar-refractivity contribution is -0.147. The van der Waals surface area contributed by atoms with Crippen LogP contribution in [-0.2, 0) is 14.3 Å². The van der Waals surface area contributed by atoms with E-state index in [4.69, 9.17) is 15.5 Å². The highest BCUT2D eigenvalue weighted by Crippen LogP contribution is 2.26. The molecule has 26 heavy (non-hydrogen) atoms. The van der Waals surface area contributed by atoms with Crippen LogP contribution in [-0.4, -0.2) is 36.6 Å². The third kappa shape index (κ3) is 4.94. The van der Waals surface area contributed by atoms with E-state index in [2.05, 4.69) is 23.1 Å². The quantitative estimate of drug-likeness (QED) is 0.772. The number of pyridine rings is 1. The van der Waals surface area contributed by atoms with Crippen LogP contribution in [0.15, 0.2) is 36.4 Å². The minimum Gasteiger partial charge on any atom is -0.456 e. The number of aromatic nitrogens is 1. The van der Waals surface area contributed by atoms with E-state index < -0.39 is 5.91 Å². The van der Waals surface area contributed by atoms with Crippen molar-refractivity contribution in [2.24, 2.45) is 11.7 Å². The number of amides is 1. The zero-order valence-corrected chi connectivity index (χ0v) is 14.9. The maximum absolute atomic E-state index is 11.5. The molecular formula is C20H25N3O3. The summed E-state index contributed by atoms with van der Waals surface area (Å²) in [5, 5.41) is 1.16. The van der Waals surface area contributed by atoms with Crippen LogP contribution in [0, 0.1) is 5.92 Å². The highest BCUT2D eigenvalue weighted by Gasteiger charge is 2.20. The van der Waals surface area contributed by atoms with E-state index in [0.29, 0.717) is 12.3 Å². The summed E-state index contributed by atoms with van der Waals surface area (Å²) >= 11 is 0. The van der Waals surface area contributed by atoms with Gasteiger partial charge in [-0.15, -0.1) is 0 Å². The molecule has 0 spiro atoms. The third-order valence-corrected chi connectivity index (χ3v) is 4.89. The number of carbonyl (C=O) groups is 2. The molecule has 138 valence electrons. The molecule has 0 bridgehead atoms. The van der Waals surface area contributed by atoms with Gasteiger partial charge in [-0.1, -0.05) is 18.2 Å². The zero-order chi connectivity index (χ0) is 18.4. The predicted molar refractivity (Wildman–Crippen MR) is 101 cm³/mol. The molecule has 2 aromatic rings. The number of ether oxygens (including phenoxy) is 1. The lowest BCUT2D eigenvalue weighted by atomic mass is 9.91. The van der Waals surface area contributed by atoms with Crippen molar-refractivity contribution in [2.75, 3.05) is 24.6 Å². The number of rotatable bonds is 7. The van der Waals surface area contributed by atoms with Crippen LogP contribution in [0.2, 0.25) is 0 Å². The summed E-state index contributed by atoms with van der Waals surface area (Å²) in [6, 6.07) is 12.4. The van der Waals surface area contributed by atoms with Crippen molar-refractivity contribution < 1.29 is 14.3 Å². The van der Waals surface area contributed by atoms with Gasteiger partial charge < -0.3 is 15.4 Å². The van der Waals surface area contributed by atoms with E-state index in [1.807, 2.05) is 18.2 Å². The molecule has 0 aliphatic carbocycles. The maximum atomic E-state index is 11.5. The fourth-order valence-electron chi connectivity index (χ4n) is 3.44. The predicted octanol–water partition coefficient (Wildman–Crippen LogP) is 2.65. The average molecular weight is 355 g/mol. The fraction of sp³-hybridized carbons (Fsp3) is 0.450. The Labute approximate surface area is 153 Å². The summed E-state index contributed by atoms with van der Waals surface area (Å²) in [6.45, 7) is 1.65. The minimum atomic E-state index is -0.618. The monoisotopic (exact) mass is 355 g/mol. The Morgan fingerprint density at radius 1 is 1.15 bits per heavy atom. The van der Waals surface area contributed by atoms with Crippen molar-refractivity contribution in [3.05, 3.63) is 36.4 Å². The second-order valence-corrected chi connectivity index (χ2v) is 6.81. The molecule has 2 N–H and O–H groups in total. The fourth-order valence-corrected chi connectivity index (χ4v) is 3.44. The second-order valence-electron chi connectivity index (χ2n) is 6.81. The largest absolute Gasteiger partial charge is 0.456 e. The minimum absolute atomic E-state index is 0.323. The van der Waals surface area contributed by atoms with Crippen molar-refractivity contribution in [1.82, 2.24) is 4.98 Å². The molecule has 2 heterocycles. The van der Waals surface area contributed by atoms with Gasteiger partial charge in [0.05, 0.1) is 5.52 Å². The van der Waals surface area contributed by atoms with Gasteiger partial charge in [0.25, 0.3) is 5.91 Å². The lowest BCUT2D eigenvalue weighted by Gasteiger charge is -2.33. The molecule has 0 unspecified atom stereocenters. The number of primary amides is 1. The van der Waals surface area contributed by atoms with Gasteiger partial charge in [-0.2, -0.15) is 0 Å². The van der Waals surface area contributed by atoms with E-state index in [-0.39, 0.29) is 12.6 Å². The summed E-state index contributed by atoms with van der Waals surface area (Å²) in [4.78, 5) is 29.2. The van der Waals surface area contributed by atoms with Gasteiger partial charge in [-0.3, -0.25) is 9.59 Å². The maximum Gasteiger partial charge on any atom is 0.306 e. The highest BCUT2D eigenvalue weighted by atomic mass is 16.5. The molecule has 0 saturated carbocycles. The molecule has 0 radical (unpaired) electrons. The zero-order valence-electron chi connectivity index (χ0n) is 14.9. The number of esters is 1. The number of hydrogen-bond donors (Lipinski definition) is 1. The van der Waals surface area contributed by atoms with Crippen LogP contribution in [0.3, 0.4) is 0 Å². The Bertz CT molecular complexity index is 770. The smallest absolute Gasteiger partial charge is 0.306 e. The molecule has 1 aromatic carbocycles. The third-order valence-electron chi connectivity index (χ3n) is 4.89. The molecular weight excluding hydrogens is 330 g/mol. The van der Waals surface area contributed by atoms with Gasteiger partial charge in [0.2, 0.25) is 0 Å². The Hall–Kier alpha value is -2.63. The van der Waals surface area contributed by atoms with Crippen molar-refractivity contribution in [3.8, 4) is 0 Å². The molecule has 6 heteroatoms. The van der Waals surface area contributed by atoms with E-state index in [0.717, 1.165) is 55.5 Å². The number of fused-ring (bicyclic) bond motifs is 1. The van der Waals surface area contributed by atoms with Crippen LogP contribution < -0.4 is 10.6 Å².